The smallest absolute Gasteiger partial charge is 0.168 e. The maximum Gasteiger partial charge on any atom is 0.168 e. The average Bonchev–Trinajstić information content (AvgIpc) is 3.26. The molecule has 25 heavy (non-hydrogen) atoms. The number of anilines is 2. The molecule has 4 aromatic rings. The van der Waals surface area contributed by atoms with Crippen molar-refractivity contribution in [3.63, 3.8) is 0 Å². The number of nitrogens with zero attached hydrogens (tertiary/aromatic N) is 5. The fourth-order valence-electron chi connectivity index (χ4n) is 3.38. The molecule has 2 aromatic carbocycles. The predicted octanol–water partition coefficient (Wildman–Crippen LogP) is 4.16. The van der Waals surface area contributed by atoms with Crippen molar-refractivity contribution in [1.29, 1.82) is 0 Å². The molecule has 1 aliphatic heterocycles. The normalized spacial score (nSPS) is 13.4. The number of halogens is 1. The SMILES string of the molecule is Clc1ccc(-n2ncc3c(N4CCc5ccccc54)ncnc32)cc1. The third-order valence-corrected chi connectivity index (χ3v) is 4.81. The molecular formula is C19H14ClN5. The second kappa shape index (κ2) is 5.57. The molecule has 0 aliphatic carbocycles. The molecule has 2 aromatic heterocycles. The molecule has 0 radical (unpaired) electrons. The Morgan fingerprint density at radius 1 is 0.960 bits per heavy atom. The Hall–Kier alpha value is -2.92. The number of hydrogen-bond acceptors (Lipinski definition) is 4. The van der Waals surface area contributed by atoms with Crippen molar-refractivity contribution in [1.82, 2.24) is 19.7 Å². The highest BCUT2D eigenvalue weighted by molar-refractivity contribution is 6.30. The molecule has 0 unspecified atom stereocenters. The van der Waals surface area contributed by atoms with Gasteiger partial charge in [0.25, 0.3) is 0 Å². The van der Waals surface area contributed by atoms with Gasteiger partial charge >= 0.3 is 0 Å². The highest BCUT2D eigenvalue weighted by atomic mass is 35.5. The monoisotopic (exact) mass is 347 g/mol. The fraction of sp³-hybridized carbons (Fsp3) is 0.105. The van der Waals surface area contributed by atoms with E-state index in [1.807, 2.05) is 35.1 Å². The standard InChI is InChI=1S/C19H14ClN5/c20-14-5-7-15(8-6-14)25-19-16(11-23-25)18(21-12-22-19)24-10-9-13-3-1-2-4-17(13)24/h1-8,11-12H,9-10H2. The Labute approximate surface area is 149 Å². The van der Waals surface area contributed by atoms with Crippen molar-refractivity contribution < 1.29 is 0 Å². The summed E-state index contributed by atoms with van der Waals surface area (Å²) >= 11 is 5.99. The van der Waals surface area contributed by atoms with E-state index in [1.165, 1.54) is 11.3 Å². The minimum Gasteiger partial charge on any atom is -0.325 e. The first-order valence-corrected chi connectivity index (χ1v) is 8.49. The molecule has 0 N–H and O–H groups in total. The molecule has 5 nitrogen and oxygen atoms in total. The van der Waals surface area contributed by atoms with E-state index in [9.17, 15) is 0 Å². The van der Waals surface area contributed by atoms with Gasteiger partial charge in [-0.15, -0.1) is 0 Å². The zero-order chi connectivity index (χ0) is 16.8. The van der Waals surface area contributed by atoms with E-state index in [0.29, 0.717) is 5.02 Å². The second-order valence-electron chi connectivity index (χ2n) is 6.00. The Bertz CT molecular complexity index is 1070. The molecule has 122 valence electrons. The summed E-state index contributed by atoms with van der Waals surface area (Å²) in [4.78, 5) is 11.3. The van der Waals surface area contributed by atoms with E-state index in [4.69, 9.17) is 11.6 Å². The lowest BCUT2D eigenvalue weighted by Gasteiger charge is -2.18. The highest BCUT2D eigenvalue weighted by Gasteiger charge is 2.23. The van der Waals surface area contributed by atoms with Crippen molar-refractivity contribution in [3.8, 4) is 5.69 Å². The van der Waals surface area contributed by atoms with E-state index in [2.05, 4.69) is 44.2 Å². The Kier molecular flexibility index (Phi) is 3.21. The maximum absolute atomic E-state index is 5.99. The number of aromatic nitrogens is 4. The van der Waals surface area contributed by atoms with Crippen LogP contribution in [-0.4, -0.2) is 26.3 Å². The van der Waals surface area contributed by atoms with Crippen molar-refractivity contribution in [2.75, 3.05) is 11.4 Å². The van der Waals surface area contributed by atoms with E-state index in [0.717, 1.165) is 35.5 Å². The first-order valence-electron chi connectivity index (χ1n) is 8.11. The minimum absolute atomic E-state index is 0.698. The summed E-state index contributed by atoms with van der Waals surface area (Å²) in [7, 11) is 0. The van der Waals surface area contributed by atoms with Gasteiger partial charge in [0.2, 0.25) is 0 Å². The lowest BCUT2D eigenvalue weighted by Crippen LogP contribution is -2.15. The summed E-state index contributed by atoms with van der Waals surface area (Å²) in [6.45, 7) is 0.914. The van der Waals surface area contributed by atoms with E-state index >= 15 is 0 Å². The fourth-order valence-corrected chi connectivity index (χ4v) is 3.50. The highest BCUT2D eigenvalue weighted by Crippen LogP contribution is 2.36. The summed E-state index contributed by atoms with van der Waals surface area (Å²) in [5.41, 5.74) is 4.27. The third-order valence-electron chi connectivity index (χ3n) is 4.56. The van der Waals surface area contributed by atoms with Crippen LogP contribution < -0.4 is 4.90 Å². The Morgan fingerprint density at radius 3 is 2.68 bits per heavy atom. The van der Waals surface area contributed by atoms with Crippen molar-refractivity contribution >= 4 is 34.1 Å². The van der Waals surface area contributed by atoms with Crippen LogP contribution in [0.1, 0.15) is 5.56 Å². The zero-order valence-corrected chi connectivity index (χ0v) is 14.1. The predicted molar refractivity (Wildman–Crippen MR) is 98.8 cm³/mol. The van der Waals surface area contributed by atoms with Gasteiger partial charge in [0.1, 0.15) is 12.1 Å². The van der Waals surface area contributed by atoms with Crippen LogP contribution >= 0.6 is 11.6 Å². The van der Waals surface area contributed by atoms with Crippen LogP contribution in [0.15, 0.2) is 61.1 Å². The number of benzene rings is 2. The van der Waals surface area contributed by atoms with Gasteiger partial charge < -0.3 is 4.90 Å². The van der Waals surface area contributed by atoms with E-state index in [-0.39, 0.29) is 0 Å². The molecular weight excluding hydrogens is 334 g/mol. The molecule has 0 spiro atoms. The number of para-hydroxylation sites is 1. The Morgan fingerprint density at radius 2 is 1.80 bits per heavy atom. The maximum atomic E-state index is 5.99. The third kappa shape index (κ3) is 2.27. The van der Waals surface area contributed by atoms with Crippen LogP contribution in [0.2, 0.25) is 5.02 Å². The molecule has 3 heterocycles. The van der Waals surface area contributed by atoms with Crippen LogP contribution in [0.4, 0.5) is 11.5 Å². The van der Waals surface area contributed by atoms with Crippen LogP contribution in [0.3, 0.4) is 0 Å². The number of hydrogen-bond donors (Lipinski definition) is 0. The lowest BCUT2D eigenvalue weighted by atomic mass is 10.2. The molecule has 0 saturated carbocycles. The van der Waals surface area contributed by atoms with Crippen LogP contribution in [-0.2, 0) is 6.42 Å². The molecule has 0 atom stereocenters. The van der Waals surface area contributed by atoms with Crippen molar-refractivity contribution in [3.05, 3.63) is 71.6 Å². The molecule has 6 heteroatoms. The number of rotatable bonds is 2. The summed E-state index contributed by atoms with van der Waals surface area (Å²) in [6.07, 6.45) is 4.46. The zero-order valence-electron chi connectivity index (χ0n) is 13.3. The first kappa shape index (κ1) is 14.4. The Balaban J connectivity index is 1.66. The largest absolute Gasteiger partial charge is 0.325 e. The van der Waals surface area contributed by atoms with Gasteiger partial charge in [-0.1, -0.05) is 29.8 Å². The molecule has 1 aliphatic rings. The summed E-state index contributed by atoms with van der Waals surface area (Å²) in [5, 5.41) is 6.17. The molecule has 0 amide bonds. The second-order valence-corrected chi connectivity index (χ2v) is 6.43. The molecule has 5 rings (SSSR count). The van der Waals surface area contributed by atoms with Gasteiger partial charge in [-0.3, -0.25) is 0 Å². The van der Waals surface area contributed by atoms with E-state index in [1.54, 1.807) is 6.33 Å². The lowest BCUT2D eigenvalue weighted by molar-refractivity contribution is 0.894. The van der Waals surface area contributed by atoms with Gasteiger partial charge in [0.05, 0.1) is 17.3 Å². The molecule has 0 saturated heterocycles. The minimum atomic E-state index is 0.698. The van der Waals surface area contributed by atoms with Crippen LogP contribution in [0.25, 0.3) is 16.7 Å². The van der Waals surface area contributed by atoms with Gasteiger partial charge in [-0.05, 0) is 42.3 Å². The van der Waals surface area contributed by atoms with Gasteiger partial charge in [-0.2, -0.15) is 5.10 Å². The van der Waals surface area contributed by atoms with Gasteiger partial charge in [0.15, 0.2) is 5.65 Å². The summed E-state index contributed by atoms with van der Waals surface area (Å²) in [5.74, 6) is 0.898. The van der Waals surface area contributed by atoms with Crippen LogP contribution in [0, 0.1) is 0 Å². The number of fused-ring (bicyclic) bond motifs is 2. The molecule has 0 bridgehead atoms. The van der Waals surface area contributed by atoms with Gasteiger partial charge in [0, 0.05) is 17.3 Å². The quantitative estimate of drug-likeness (QED) is 0.546. The van der Waals surface area contributed by atoms with Crippen molar-refractivity contribution in [2.45, 2.75) is 6.42 Å². The summed E-state index contributed by atoms with van der Waals surface area (Å²) in [6, 6.07) is 16.0. The average molecular weight is 348 g/mol. The van der Waals surface area contributed by atoms with E-state index < -0.39 is 0 Å². The summed E-state index contributed by atoms with van der Waals surface area (Å²) < 4.78 is 1.82. The first-order chi connectivity index (χ1) is 12.3. The van der Waals surface area contributed by atoms with Crippen molar-refractivity contribution in [2.24, 2.45) is 0 Å². The topological polar surface area (TPSA) is 46.8 Å². The van der Waals surface area contributed by atoms with Crippen LogP contribution in [0.5, 0.6) is 0 Å². The molecule has 0 fully saturated rings. The van der Waals surface area contributed by atoms with Gasteiger partial charge in [-0.25, -0.2) is 14.6 Å².